The van der Waals surface area contributed by atoms with E-state index in [9.17, 15) is 4.79 Å². The predicted molar refractivity (Wildman–Crippen MR) is 45.5 cm³/mol. The van der Waals surface area contributed by atoms with Crippen LogP contribution in [0, 0.1) is 5.92 Å². The Morgan fingerprint density at radius 2 is 2.33 bits per heavy atom. The highest BCUT2D eigenvalue weighted by Gasteiger charge is 2.06. The third-order valence-electron chi connectivity index (χ3n) is 1.35. The van der Waals surface area contributed by atoms with Gasteiger partial charge in [0.1, 0.15) is 0 Å². The number of amides is 1. The zero-order chi connectivity index (χ0) is 8.97. The third-order valence-corrected chi connectivity index (χ3v) is 1.35. The number of hydrogen-bond donors (Lipinski definition) is 1. The van der Waals surface area contributed by atoms with Crippen LogP contribution in [0.3, 0.4) is 0 Å². The number of nitrogens with one attached hydrogen (secondary N) is 1. The fourth-order valence-electron chi connectivity index (χ4n) is 0.639. The van der Waals surface area contributed by atoms with Gasteiger partial charge in [-0.15, -0.1) is 5.10 Å². The van der Waals surface area contributed by atoms with E-state index in [0.717, 1.165) is 0 Å². The lowest BCUT2D eigenvalue weighted by Gasteiger charge is -2.04. The molecule has 0 aliphatic rings. The summed E-state index contributed by atoms with van der Waals surface area (Å²) >= 11 is 0. The summed E-state index contributed by atoms with van der Waals surface area (Å²) in [5.74, 6) is 0.415. The van der Waals surface area contributed by atoms with Gasteiger partial charge >= 0.3 is 0 Å². The molecule has 1 rings (SSSR count). The molecule has 1 amide bonds. The number of rotatable bonds is 2. The summed E-state index contributed by atoms with van der Waals surface area (Å²) < 4.78 is 0. The summed E-state index contributed by atoms with van der Waals surface area (Å²) in [6.45, 7) is 3.65. The van der Waals surface area contributed by atoms with Crippen molar-refractivity contribution in [1.29, 1.82) is 0 Å². The molecular formula is C8H11N3O. The second-order valence-electron chi connectivity index (χ2n) is 2.75. The van der Waals surface area contributed by atoms with Crippen molar-refractivity contribution in [3.63, 3.8) is 0 Å². The normalized spacial score (nSPS) is 9.92. The van der Waals surface area contributed by atoms with Gasteiger partial charge in [0, 0.05) is 12.1 Å². The average molecular weight is 165 g/mol. The molecule has 0 saturated carbocycles. The number of carbonyl (C=O) groups excluding carboxylic acids is 1. The van der Waals surface area contributed by atoms with Crippen LogP contribution in [0.2, 0.25) is 0 Å². The summed E-state index contributed by atoms with van der Waals surface area (Å²) in [6.07, 6.45) is 1.56. The fourth-order valence-corrected chi connectivity index (χ4v) is 0.639. The SMILES string of the molecule is CC(C)C(=O)Nc1cccnn1. The minimum absolute atomic E-state index is 0.0352. The molecule has 64 valence electrons. The smallest absolute Gasteiger partial charge is 0.228 e. The molecule has 4 heteroatoms. The van der Waals surface area contributed by atoms with Crippen molar-refractivity contribution in [3.05, 3.63) is 18.3 Å². The van der Waals surface area contributed by atoms with Crippen molar-refractivity contribution in [2.24, 2.45) is 5.92 Å². The van der Waals surface area contributed by atoms with Crippen LogP contribution in [0.1, 0.15) is 13.8 Å². The van der Waals surface area contributed by atoms with Crippen LogP contribution in [-0.2, 0) is 4.79 Å². The van der Waals surface area contributed by atoms with Gasteiger partial charge in [-0.1, -0.05) is 13.8 Å². The Bertz CT molecular complexity index is 258. The number of carbonyl (C=O) groups is 1. The molecule has 0 aliphatic carbocycles. The Balaban J connectivity index is 2.59. The molecule has 4 nitrogen and oxygen atoms in total. The minimum Gasteiger partial charge on any atom is -0.309 e. The van der Waals surface area contributed by atoms with E-state index in [4.69, 9.17) is 0 Å². The first-order valence-electron chi connectivity index (χ1n) is 3.78. The standard InChI is InChI=1S/C8H11N3O/c1-6(2)8(12)10-7-4-3-5-9-11-7/h3-6H,1-2H3,(H,10,11,12). The molecule has 1 heterocycles. The average Bonchev–Trinajstić information content (AvgIpc) is 2.06. The Morgan fingerprint density at radius 3 is 2.83 bits per heavy atom. The van der Waals surface area contributed by atoms with Crippen molar-refractivity contribution in [2.75, 3.05) is 5.32 Å². The zero-order valence-electron chi connectivity index (χ0n) is 7.11. The molecule has 0 aliphatic heterocycles. The van der Waals surface area contributed by atoms with Gasteiger partial charge in [-0.05, 0) is 12.1 Å². The third kappa shape index (κ3) is 2.30. The van der Waals surface area contributed by atoms with E-state index >= 15 is 0 Å². The molecule has 1 aromatic rings. The van der Waals surface area contributed by atoms with Crippen molar-refractivity contribution in [3.8, 4) is 0 Å². The summed E-state index contributed by atoms with van der Waals surface area (Å²) in [7, 11) is 0. The Morgan fingerprint density at radius 1 is 1.58 bits per heavy atom. The van der Waals surface area contributed by atoms with Crippen LogP contribution < -0.4 is 5.32 Å². The number of nitrogens with zero attached hydrogens (tertiary/aromatic N) is 2. The largest absolute Gasteiger partial charge is 0.309 e. The van der Waals surface area contributed by atoms with E-state index < -0.39 is 0 Å². The lowest BCUT2D eigenvalue weighted by molar-refractivity contribution is -0.118. The molecule has 0 atom stereocenters. The molecule has 0 radical (unpaired) electrons. The molecule has 0 saturated heterocycles. The second-order valence-corrected chi connectivity index (χ2v) is 2.75. The number of aromatic nitrogens is 2. The molecule has 1 aromatic heterocycles. The molecular weight excluding hydrogens is 154 g/mol. The fraction of sp³-hybridized carbons (Fsp3) is 0.375. The second kappa shape index (κ2) is 3.80. The van der Waals surface area contributed by atoms with Crippen molar-refractivity contribution in [1.82, 2.24) is 10.2 Å². The van der Waals surface area contributed by atoms with E-state index in [-0.39, 0.29) is 11.8 Å². The first kappa shape index (κ1) is 8.64. The summed E-state index contributed by atoms with van der Waals surface area (Å²) in [6, 6.07) is 3.43. The van der Waals surface area contributed by atoms with Gasteiger partial charge in [-0.25, -0.2) is 0 Å². The highest BCUT2D eigenvalue weighted by Crippen LogP contribution is 2.01. The van der Waals surface area contributed by atoms with Crippen molar-refractivity contribution in [2.45, 2.75) is 13.8 Å². The summed E-state index contributed by atoms with van der Waals surface area (Å²) in [5, 5.41) is 9.98. The molecule has 0 fully saturated rings. The Labute approximate surface area is 71.0 Å². The van der Waals surface area contributed by atoms with Crippen LogP contribution in [-0.4, -0.2) is 16.1 Å². The van der Waals surface area contributed by atoms with Gasteiger partial charge in [-0.2, -0.15) is 5.10 Å². The Hall–Kier alpha value is -1.45. The van der Waals surface area contributed by atoms with E-state index in [1.165, 1.54) is 0 Å². The monoisotopic (exact) mass is 165 g/mol. The predicted octanol–water partition coefficient (Wildman–Crippen LogP) is 1.07. The maximum Gasteiger partial charge on any atom is 0.228 e. The lowest BCUT2D eigenvalue weighted by atomic mass is 10.2. The summed E-state index contributed by atoms with van der Waals surface area (Å²) in [5.41, 5.74) is 0. The minimum atomic E-state index is -0.0458. The first-order valence-corrected chi connectivity index (χ1v) is 3.78. The quantitative estimate of drug-likeness (QED) is 0.713. The maximum absolute atomic E-state index is 11.1. The number of anilines is 1. The van der Waals surface area contributed by atoms with Gasteiger partial charge in [0.15, 0.2) is 5.82 Å². The van der Waals surface area contributed by atoms with Crippen LogP contribution in [0.5, 0.6) is 0 Å². The molecule has 12 heavy (non-hydrogen) atoms. The Kier molecular flexibility index (Phi) is 2.74. The van der Waals surface area contributed by atoms with Gasteiger partial charge in [0.05, 0.1) is 0 Å². The number of hydrogen-bond acceptors (Lipinski definition) is 3. The van der Waals surface area contributed by atoms with Crippen LogP contribution in [0.4, 0.5) is 5.82 Å². The van der Waals surface area contributed by atoms with E-state index in [1.807, 2.05) is 13.8 Å². The maximum atomic E-state index is 11.1. The van der Waals surface area contributed by atoms with Crippen LogP contribution in [0.25, 0.3) is 0 Å². The molecule has 0 bridgehead atoms. The molecule has 0 unspecified atom stereocenters. The van der Waals surface area contributed by atoms with Crippen molar-refractivity contribution >= 4 is 11.7 Å². The van der Waals surface area contributed by atoms with E-state index in [2.05, 4.69) is 15.5 Å². The van der Waals surface area contributed by atoms with Crippen molar-refractivity contribution < 1.29 is 4.79 Å². The van der Waals surface area contributed by atoms with Gasteiger partial charge in [0.2, 0.25) is 5.91 Å². The molecule has 0 spiro atoms. The van der Waals surface area contributed by atoms with Gasteiger partial charge in [0.25, 0.3) is 0 Å². The van der Waals surface area contributed by atoms with Crippen LogP contribution >= 0.6 is 0 Å². The first-order chi connectivity index (χ1) is 5.70. The van der Waals surface area contributed by atoms with Crippen LogP contribution in [0.15, 0.2) is 18.3 Å². The highest BCUT2D eigenvalue weighted by molar-refractivity contribution is 5.90. The summed E-state index contributed by atoms with van der Waals surface area (Å²) in [4.78, 5) is 11.1. The van der Waals surface area contributed by atoms with E-state index in [0.29, 0.717) is 5.82 Å². The highest BCUT2D eigenvalue weighted by atomic mass is 16.1. The molecule has 1 N–H and O–H groups in total. The van der Waals surface area contributed by atoms with Gasteiger partial charge < -0.3 is 5.32 Å². The molecule has 0 aromatic carbocycles. The zero-order valence-corrected chi connectivity index (χ0v) is 7.11. The van der Waals surface area contributed by atoms with E-state index in [1.54, 1.807) is 18.3 Å². The van der Waals surface area contributed by atoms with Gasteiger partial charge in [-0.3, -0.25) is 4.79 Å². The lowest BCUT2D eigenvalue weighted by Crippen LogP contribution is -2.18. The topological polar surface area (TPSA) is 54.9 Å².